The Hall–Kier alpha value is -1.07. The van der Waals surface area contributed by atoms with Gasteiger partial charge in [0.15, 0.2) is 0 Å². The predicted molar refractivity (Wildman–Crippen MR) is 72.2 cm³/mol. The van der Waals surface area contributed by atoms with Crippen molar-refractivity contribution in [3.63, 3.8) is 0 Å². The number of nitrogens with zero attached hydrogens (tertiary/aromatic N) is 3. The van der Waals surface area contributed by atoms with Gasteiger partial charge in [-0.15, -0.1) is 0 Å². The lowest BCUT2D eigenvalue weighted by Gasteiger charge is -2.08. The molecule has 17 heavy (non-hydrogen) atoms. The summed E-state index contributed by atoms with van der Waals surface area (Å²) in [6.45, 7) is 3.65. The highest BCUT2D eigenvalue weighted by molar-refractivity contribution is 9.10. The van der Waals surface area contributed by atoms with Crippen molar-refractivity contribution in [2.75, 3.05) is 5.32 Å². The number of aromatic nitrogens is 3. The standard InChI is InChI=1S/C11H12BrClN4/c1-2-17-9(3-4-16-17)7-14-8-5-10(12)11(13)15-6-8/h3-6,14H,2,7H2,1H3. The predicted octanol–water partition coefficient (Wildman–Crippen LogP) is 3.33. The van der Waals surface area contributed by atoms with Crippen LogP contribution in [0.5, 0.6) is 0 Å². The van der Waals surface area contributed by atoms with E-state index in [4.69, 9.17) is 11.6 Å². The fourth-order valence-electron chi connectivity index (χ4n) is 1.51. The van der Waals surface area contributed by atoms with Gasteiger partial charge >= 0.3 is 0 Å². The third-order valence-corrected chi connectivity index (χ3v) is 3.51. The smallest absolute Gasteiger partial charge is 0.143 e. The normalized spacial score (nSPS) is 10.5. The van der Waals surface area contributed by atoms with Gasteiger partial charge in [-0.05, 0) is 35.0 Å². The van der Waals surface area contributed by atoms with Crippen molar-refractivity contribution in [2.24, 2.45) is 0 Å². The summed E-state index contributed by atoms with van der Waals surface area (Å²) in [5, 5.41) is 7.95. The van der Waals surface area contributed by atoms with Crippen molar-refractivity contribution >= 4 is 33.2 Å². The molecule has 0 saturated heterocycles. The van der Waals surface area contributed by atoms with Gasteiger partial charge in [0.25, 0.3) is 0 Å². The van der Waals surface area contributed by atoms with E-state index >= 15 is 0 Å². The van der Waals surface area contributed by atoms with Gasteiger partial charge in [0, 0.05) is 12.7 Å². The number of hydrogen-bond acceptors (Lipinski definition) is 3. The van der Waals surface area contributed by atoms with Crippen molar-refractivity contribution in [3.8, 4) is 0 Å². The molecule has 0 fully saturated rings. The Morgan fingerprint density at radius 1 is 1.53 bits per heavy atom. The van der Waals surface area contributed by atoms with Gasteiger partial charge < -0.3 is 5.32 Å². The molecular weight excluding hydrogens is 304 g/mol. The van der Waals surface area contributed by atoms with Crippen LogP contribution in [0, 0.1) is 0 Å². The van der Waals surface area contributed by atoms with Gasteiger partial charge in [-0.3, -0.25) is 4.68 Å². The molecule has 0 unspecified atom stereocenters. The second-order valence-corrected chi connectivity index (χ2v) is 4.70. The van der Waals surface area contributed by atoms with Crippen LogP contribution in [0.3, 0.4) is 0 Å². The molecule has 2 rings (SSSR count). The van der Waals surface area contributed by atoms with Crippen LogP contribution in [0.4, 0.5) is 5.69 Å². The summed E-state index contributed by atoms with van der Waals surface area (Å²) in [7, 11) is 0. The second-order valence-electron chi connectivity index (χ2n) is 3.49. The van der Waals surface area contributed by atoms with Crippen molar-refractivity contribution in [3.05, 3.63) is 39.8 Å². The topological polar surface area (TPSA) is 42.7 Å². The highest BCUT2D eigenvalue weighted by Crippen LogP contribution is 2.23. The minimum atomic E-state index is 0.467. The monoisotopic (exact) mass is 314 g/mol. The van der Waals surface area contributed by atoms with Crippen LogP contribution < -0.4 is 5.32 Å². The van der Waals surface area contributed by atoms with Crippen molar-refractivity contribution in [1.29, 1.82) is 0 Å². The lowest BCUT2D eigenvalue weighted by atomic mass is 10.3. The average molecular weight is 316 g/mol. The van der Waals surface area contributed by atoms with Crippen molar-refractivity contribution < 1.29 is 0 Å². The maximum absolute atomic E-state index is 5.83. The van der Waals surface area contributed by atoms with Crippen molar-refractivity contribution in [1.82, 2.24) is 14.8 Å². The number of nitrogens with one attached hydrogen (secondary N) is 1. The average Bonchev–Trinajstić information content (AvgIpc) is 2.78. The van der Waals surface area contributed by atoms with Crippen LogP contribution in [0.2, 0.25) is 5.15 Å². The second kappa shape index (κ2) is 5.51. The van der Waals surface area contributed by atoms with Crippen LogP contribution in [0.15, 0.2) is 29.0 Å². The van der Waals surface area contributed by atoms with Gasteiger partial charge in [0.1, 0.15) is 5.15 Å². The fourth-order valence-corrected chi connectivity index (χ4v) is 1.96. The molecule has 0 atom stereocenters. The zero-order valence-electron chi connectivity index (χ0n) is 9.32. The summed E-state index contributed by atoms with van der Waals surface area (Å²) < 4.78 is 2.74. The molecule has 0 aliphatic rings. The summed E-state index contributed by atoms with van der Waals surface area (Å²) in [5.74, 6) is 0. The number of halogens is 2. The molecule has 0 aliphatic carbocycles. The first-order valence-electron chi connectivity index (χ1n) is 5.26. The van der Waals surface area contributed by atoms with Crippen LogP contribution in [-0.2, 0) is 13.1 Å². The number of pyridine rings is 1. The van der Waals surface area contributed by atoms with Crippen molar-refractivity contribution in [2.45, 2.75) is 20.0 Å². The molecule has 4 nitrogen and oxygen atoms in total. The highest BCUT2D eigenvalue weighted by atomic mass is 79.9. The first-order chi connectivity index (χ1) is 8.20. The largest absolute Gasteiger partial charge is 0.378 e. The van der Waals surface area contributed by atoms with E-state index in [0.29, 0.717) is 11.7 Å². The Labute approximate surface area is 113 Å². The minimum Gasteiger partial charge on any atom is -0.378 e. The van der Waals surface area contributed by atoms with E-state index in [0.717, 1.165) is 22.4 Å². The third-order valence-electron chi connectivity index (χ3n) is 2.37. The van der Waals surface area contributed by atoms with Gasteiger partial charge in [0.2, 0.25) is 0 Å². The summed E-state index contributed by atoms with van der Waals surface area (Å²) in [5.41, 5.74) is 2.06. The van der Waals surface area contributed by atoms with E-state index in [2.05, 4.69) is 38.3 Å². The summed E-state index contributed by atoms with van der Waals surface area (Å²) >= 11 is 9.17. The Morgan fingerprint density at radius 3 is 3.06 bits per heavy atom. The molecule has 0 bridgehead atoms. The molecule has 0 spiro atoms. The summed E-state index contributed by atoms with van der Waals surface area (Å²) in [4.78, 5) is 4.05. The van der Waals surface area contributed by atoms with E-state index in [9.17, 15) is 0 Å². The fraction of sp³-hybridized carbons (Fsp3) is 0.273. The Balaban J connectivity index is 2.05. The van der Waals surface area contributed by atoms with Gasteiger partial charge in [-0.1, -0.05) is 11.6 Å². The Bertz CT molecular complexity index is 512. The quantitative estimate of drug-likeness (QED) is 0.880. The molecule has 2 aromatic rings. The zero-order valence-corrected chi connectivity index (χ0v) is 11.7. The number of rotatable bonds is 4. The molecule has 2 heterocycles. The van der Waals surface area contributed by atoms with Crippen LogP contribution in [0.25, 0.3) is 0 Å². The minimum absolute atomic E-state index is 0.467. The van der Waals surface area contributed by atoms with Gasteiger partial charge in [0.05, 0.1) is 28.6 Å². The van der Waals surface area contributed by atoms with E-state index in [1.165, 1.54) is 0 Å². The number of hydrogen-bond donors (Lipinski definition) is 1. The number of aryl methyl sites for hydroxylation is 1. The van der Waals surface area contributed by atoms with E-state index < -0.39 is 0 Å². The van der Waals surface area contributed by atoms with Crippen LogP contribution in [0.1, 0.15) is 12.6 Å². The highest BCUT2D eigenvalue weighted by Gasteiger charge is 2.03. The maximum atomic E-state index is 5.83. The lowest BCUT2D eigenvalue weighted by molar-refractivity contribution is 0.627. The molecule has 2 aromatic heterocycles. The number of anilines is 1. The van der Waals surface area contributed by atoms with Gasteiger partial charge in [-0.2, -0.15) is 5.10 Å². The summed E-state index contributed by atoms with van der Waals surface area (Å²) in [6, 6.07) is 3.90. The molecule has 0 radical (unpaired) electrons. The first-order valence-corrected chi connectivity index (χ1v) is 6.43. The molecule has 0 aromatic carbocycles. The molecule has 6 heteroatoms. The Morgan fingerprint density at radius 2 is 2.35 bits per heavy atom. The first kappa shape index (κ1) is 12.4. The van der Waals surface area contributed by atoms with Gasteiger partial charge in [-0.25, -0.2) is 4.98 Å². The van der Waals surface area contributed by atoms with Crippen LogP contribution in [-0.4, -0.2) is 14.8 Å². The molecule has 90 valence electrons. The Kier molecular flexibility index (Phi) is 4.02. The maximum Gasteiger partial charge on any atom is 0.143 e. The zero-order chi connectivity index (χ0) is 12.3. The molecule has 0 aliphatic heterocycles. The lowest BCUT2D eigenvalue weighted by Crippen LogP contribution is -2.07. The van der Waals surface area contributed by atoms with E-state index in [-0.39, 0.29) is 0 Å². The van der Waals surface area contributed by atoms with E-state index in [1.54, 1.807) is 12.4 Å². The van der Waals surface area contributed by atoms with Crippen LogP contribution >= 0.6 is 27.5 Å². The third kappa shape index (κ3) is 2.98. The molecular formula is C11H12BrClN4. The SMILES string of the molecule is CCn1nccc1CNc1cnc(Cl)c(Br)c1. The van der Waals surface area contributed by atoms with E-state index in [1.807, 2.05) is 16.8 Å². The molecule has 0 amide bonds. The molecule has 1 N–H and O–H groups in total. The molecule has 0 saturated carbocycles. The summed E-state index contributed by atoms with van der Waals surface area (Å²) in [6.07, 6.45) is 3.51.